The van der Waals surface area contributed by atoms with E-state index in [0.29, 0.717) is 18.5 Å². The molecular weight excluding hydrogens is 276 g/mol. The van der Waals surface area contributed by atoms with E-state index in [4.69, 9.17) is 23.1 Å². The molecule has 0 heterocycles. The van der Waals surface area contributed by atoms with Gasteiger partial charge in [-0.3, -0.25) is 0 Å². The summed E-state index contributed by atoms with van der Waals surface area (Å²) in [4.78, 5) is 0. The van der Waals surface area contributed by atoms with Crippen LogP contribution in [0.2, 0.25) is 5.02 Å². The molecule has 1 atom stereocenters. The predicted molar refractivity (Wildman–Crippen MR) is 64.3 cm³/mol. The zero-order valence-electron chi connectivity index (χ0n) is 8.80. The SMILES string of the molecule is Cl.NCC[C@H](N)c1ccc(Cl)c(C(F)(F)F)c1. The van der Waals surface area contributed by atoms with Gasteiger partial charge in [0.2, 0.25) is 0 Å². The van der Waals surface area contributed by atoms with E-state index in [1.807, 2.05) is 0 Å². The fourth-order valence-electron chi connectivity index (χ4n) is 1.34. The van der Waals surface area contributed by atoms with Crippen molar-refractivity contribution in [2.75, 3.05) is 6.54 Å². The Bertz CT molecular complexity index is 369. The minimum atomic E-state index is -4.46. The van der Waals surface area contributed by atoms with Crippen molar-refractivity contribution < 1.29 is 13.2 Å². The first-order valence-corrected chi connectivity index (χ1v) is 5.06. The molecule has 0 unspecified atom stereocenters. The molecule has 7 heteroatoms. The summed E-state index contributed by atoms with van der Waals surface area (Å²) in [6.45, 7) is 0.325. The maximum Gasteiger partial charge on any atom is 0.417 e. The second-order valence-corrected chi connectivity index (χ2v) is 3.83. The average Bonchev–Trinajstić information content (AvgIpc) is 2.16. The molecule has 0 aromatic heterocycles. The van der Waals surface area contributed by atoms with E-state index in [-0.39, 0.29) is 17.4 Å². The predicted octanol–water partition coefficient (Wildman–Crippen LogP) is 3.13. The third kappa shape index (κ3) is 4.35. The van der Waals surface area contributed by atoms with Gasteiger partial charge in [-0.25, -0.2) is 0 Å². The minimum absolute atomic E-state index is 0. The maximum atomic E-state index is 12.5. The lowest BCUT2D eigenvalue weighted by atomic mass is 10.0. The van der Waals surface area contributed by atoms with E-state index in [1.165, 1.54) is 12.1 Å². The summed E-state index contributed by atoms with van der Waals surface area (Å²) in [7, 11) is 0. The fraction of sp³-hybridized carbons (Fsp3) is 0.400. The third-order valence-electron chi connectivity index (χ3n) is 2.20. The normalized spacial score (nSPS) is 13.1. The Morgan fingerprint density at radius 3 is 2.35 bits per heavy atom. The van der Waals surface area contributed by atoms with Crippen molar-refractivity contribution in [3.63, 3.8) is 0 Å². The van der Waals surface area contributed by atoms with Gasteiger partial charge in [0, 0.05) is 6.04 Å². The van der Waals surface area contributed by atoms with Gasteiger partial charge < -0.3 is 11.5 Å². The lowest BCUT2D eigenvalue weighted by molar-refractivity contribution is -0.137. The van der Waals surface area contributed by atoms with E-state index < -0.39 is 17.8 Å². The number of nitrogens with two attached hydrogens (primary N) is 2. The molecule has 0 saturated carbocycles. The fourth-order valence-corrected chi connectivity index (χ4v) is 1.56. The molecule has 98 valence electrons. The minimum Gasteiger partial charge on any atom is -0.330 e. The number of benzene rings is 1. The van der Waals surface area contributed by atoms with Crippen molar-refractivity contribution in [3.8, 4) is 0 Å². The Balaban J connectivity index is 0.00000256. The van der Waals surface area contributed by atoms with Crippen molar-refractivity contribution >= 4 is 24.0 Å². The second-order valence-electron chi connectivity index (χ2n) is 3.42. The largest absolute Gasteiger partial charge is 0.417 e. The lowest BCUT2D eigenvalue weighted by Crippen LogP contribution is -2.16. The van der Waals surface area contributed by atoms with Gasteiger partial charge in [0.1, 0.15) is 0 Å². The van der Waals surface area contributed by atoms with Gasteiger partial charge in [-0.15, -0.1) is 12.4 Å². The zero-order chi connectivity index (χ0) is 12.3. The van der Waals surface area contributed by atoms with Crippen LogP contribution in [-0.4, -0.2) is 6.54 Å². The summed E-state index contributed by atoms with van der Waals surface area (Å²) >= 11 is 5.48. The summed E-state index contributed by atoms with van der Waals surface area (Å²) in [6, 6.07) is 3.17. The van der Waals surface area contributed by atoms with Crippen LogP contribution < -0.4 is 11.5 Å². The van der Waals surface area contributed by atoms with Crippen molar-refractivity contribution in [2.45, 2.75) is 18.6 Å². The third-order valence-corrected chi connectivity index (χ3v) is 2.53. The van der Waals surface area contributed by atoms with E-state index in [0.717, 1.165) is 6.07 Å². The van der Waals surface area contributed by atoms with Crippen LogP contribution in [0, 0.1) is 0 Å². The first kappa shape index (κ1) is 16.5. The molecule has 4 N–H and O–H groups in total. The highest BCUT2D eigenvalue weighted by atomic mass is 35.5. The van der Waals surface area contributed by atoms with Crippen molar-refractivity contribution in [2.24, 2.45) is 11.5 Å². The standard InChI is InChI=1S/C10H12ClF3N2.ClH/c11-8-2-1-6(9(16)3-4-15)5-7(8)10(12,13)14;/h1-2,5,9H,3-4,15-16H2;1H/t9-;/m0./s1. The molecule has 1 rings (SSSR count). The number of alkyl halides is 3. The molecule has 0 radical (unpaired) electrons. The molecule has 17 heavy (non-hydrogen) atoms. The number of halogens is 5. The van der Waals surface area contributed by atoms with Crippen LogP contribution in [0.5, 0.6) is 0 Å². The van der Waals surface area contributed by atoms with Crippen molar-refractivity contribution in [3.05, 3.63) is 34.3 Å². The highest BCUT2D eigenvalue weighted by molar-refractivity contribution is 6.31. The van der Waals surface area contributed by atoms with Gasteiger partial charge in [0.05, 0.1) is 10.6 Å². The van der Waals surface area contributed by atoms with E-state index >= 15 is 0 Å². The molecule has 0 aliphatic rings. The Kier molecular flexibility index (Phi) is 6.26. The molecule has 0 fully saturated rings. The van der Waals surface area contributed by atoms with Crippen LogP contribution in [0.4, 0.5) is 13.2 Å². The topological polar surface area (TPSA) is 52.0 Å². The van der Waals surface area contributed by atoms with Crippen LogP contribution in [0.25, 0.3) is 0 Å². The molecule has 0 spiro atoms. The van der Waals surface area contributed by atoms with E-state index in [2.05, 4.69) is 0 Å². The smallest absolute Gasteiger partial charge is 0.330 e. The van der Waals surface area contributed by atoms with Gasteiger partial charge in [0.15, 0.2) is 0 Å². The Hall–Kier alpha value is -0.490. The zero-order valence-corrected chi connectivity index (χ0v) is 10.4. The van der Waals surface area contributed by atoms with Crippen LogP contribution in [0.1, 0.15) is 23.6 Å². The first-order valence-electron chi connectivity index (χ1n) is 4.68. The molecular formula is C10H13Cl2F3N2. The Morgan fingerprint density at radius 2 is 1.88 bits per heavy atom. The maximum absolute atomic E-state index is 12.5. The van der Waals surface area contributed by atoms with Crippen LogP contribution in [0.15, 0.2) is 18.2 Å². The summed E-state index contributed by atoms with van der Waals surface area (Å²) in [5.41, 5.74) is 10.5. The van der Waals surface area contributed by atoms with Crippen LogP contribution in [0.3, 0.4) is 0 Å². The Morgan fingerprint density at radius 1 is 1.29 bits per heavy atom. The monoisotopic (exact) mass is 288 g/mol. The quantitative estimate of drug-likeness (QED) is 0.898. The first-order chi connectivity index (χ1) is 7.36. The van der Waals surface area contributed by atoms with E-state index in [1.54, 1.807) is 0 Å². The van der Waals surface area contributed by atoms with Gasteiger partial charge in [0.25, 0.3) is 0 Å². The highest BCUT2D eigenvalue weighted by Crippen LogP contribution is 2.36. The molecule has 1 aromatic carbocycles. The molecule has 1 aromatic rings. The van der Waals surface area contributed by atoms with Gasteiger partial charge >= 0.3 is 6.18 Å². The molecule has 0 aliphatic heterocycles. The molecule has 0 saturated heterocycles. The van der Waals surface area contributed by atoms with Crippen molar-refractivity contribution in [1.29, 1.82) is 0 Å². The second kappa shape index (κ2) is 6.44. The van der Waals surface area contributed by atoms with Crippen LogP contribution >= 0.6 is 24.0 Å². The average molecular weight is 289 g/mol. The summed E-state index contributed by atoms with van der Waals surface area (Å²) in [6.07, 6.45) is -4.03. The van der Waals surface area contributed by atoms with E-state index in [9.17, 15) is 13.2 Å². The Labute approximate surface area is 109 Å². The molecule has 0 bridgehead atoms. The van der Waals surface area contributed by atoms with Crippen LogP contribution in [-0.2, 0) is 6.18 Å². The highest BCUT2D eigenvalue weighted by Gasteiger charge is 2.33. The number of hydrogen-bond acceptors (Lipinski definition) is 2. The van der Waals surface area contributed by atoms with Gasteiger partial charge in [-0.2, -0.15) is 13.2 Å². The molecule has 0 aliphatic carbocycles. The summed E-state index contributed by atoms with van der Waals surface area (Å²) in [5, 5.41) is -0.323. The molecule has 0 amide bonds. The number of rotatable bonds is 3. The van der Waals surface area contributed by atoms with Gasteiger partial charge in [-0.1, -0.05) is 17.7 Å². The molecule has 2 nitrogen and oxygen atoms in total. The lowest BCUT2D eigenvalue weighted by Gasteiger charge is -2.14. The number of hydrogen-bond donors (Lipinski definition) is 2. The van der Waals surface area contributed by atoms with Gasteiger partial charge in [-0.05, 0) is 30.7 Å². The summed E-state index contributed by atoms with van der Waals surface area (Å²) < 4.78 is 37.6. The summed E-state index contributed by atoms with van der Waals surface area (Å²) in [5.74, 6) is 0. The van der Waals surface area contributed by atoms with Crippen molar-refractivity contribution in [1.82, 2.24) is 0 Å².